The molecule has 0 fully saturated rings. The normalized spacial score (nSPS) is 13.8. The number of hydrogen-bond donors (Lipinski definition) is 1. The van der Waals surface area contributed by atoms with Crippen LogP contribution in [0.15, 0.2) is 79.8 Å². The van der Waals surface area contributed by atoms with Crippen LogP contribution in [-0.4, -0.2) is 83.8 Å². The van der Waals surface area contributed by atoms with E-state index >= 15 is 0 Å². The molecule has 0 saturated carbocycles. The number of hydrogen-bond acceptors (Lipinski definition) is 15. The number of aromatic nitrogens is 1. The summed E-state index contributed by atoms with van der Waals surface area (Å²) in [5.41, 5.74) is 4.78. The van der Waals surface area contributed by atoms with E-state index in [0.717, 1.165) is 50.2 Å². The summed E-state index contributed by atoms with van der Waals surface area (Å²) < 4.78 is 29.1. The molecule has 3 aromatic rings. The van der Waals surface area contributed by atoms with E-state index in [9.17, 15) is 28.8 Å². The van der Waals surface area contributed by atoms with Crippen LogP contribution in [0.5, 0.6) is 0 Å². The summed E-state index contributed by atoms with van der Waals surface area (Å²) in [7, 11) is 0. The van der Waals surface area contributed by atoms with E-state index in [1.54, 1.807) is 10.8 Å². The Hall–Kier alpha value is -5.49. The van der Waals surface area contributed by atoms with Crippen LogP contribution in [0.2, 0.25) is 0 Å². The molecule has 53 heavy (non-hydrogen) atoms. The molecule has 282 valence electrons. The molecule has 16 nitrogen and oxygen atoms in total. The van der Waals surface area contributed by atoms with E-state index in [0.29, 0.717) is 10.5 Å². The predicted molar refractivity (Wildman–Crippen MR) is 195 cm³/mol. The van der Waals surface area contributed by atoms with Crippen LogP contribution in [0.25, 0.3) is 11.3 Å². The molecule has 3 rings (SSSR count). The number of carbonyl (C=O) groups is 6. The predicted octanol–water partition coefficient (Wildman–Crippen LogP) is 3.70. The van der Waals surface area contributed by atoms with Gasteiger partial charge >= 0.3 is 29.8 Å². The van der Waals surface area contributed by atoms with Gasteiger partial charge < -0.3 is 28.3 Å². The highest BCUT2D eigenvalue weighted by Crippen LogP contribution is 2.22. The van der Waals surface area contributed by atoms with Gasteiger partial charge in [0.05, 0.1) is 11.9 Å². The van der Waals surface area contributed by atoms with Gasteiger partial charge in [0.25, 0.3) is 5.91 Å². The Morgan fingerprint density at radius 1 is 0.792 bits per heavy atom. The van der Waals surface area contributed by atoms with Gasteiger partial charge in [-0.05, 0) is 23.3 Å². The lowest BCUT2D eigenvalue weighted by atomic mass is 10.00. The summed E-state index contributed by atoms with van der Waals surface area (Å²) in [6, 6.07) is 16.9. The van der Waals surface area contributed by atoms with Crippen LogP contribution in [-0.2, 0) is 59.0 Å². The van der Waals surface area contributed by atoms with Crippen molar-refractivity contribution in [3.8, 4) is 11.3 Å². The van der Waals surface area contributed by atoms with Gasteiger partial charge in [-0.25, -0.2) is 5.43 Å². The van der Waals surface area contributed by atoms with Crippen LogP contribution >= 0.6 is 27.3 Å². The molecule has 1 amide bonds. The van der Waals surface area contributed by atoms with Gasteiger partial charge in [-0.2, -0.15) is 10.2 Å². The Labute approximate surface area is 316 Å². The van der Waals surface area contributed by atoms with Gasteiger partial charge in [-0.3, -0.25) is 28.8 Å². The maximum absolute atomic E-state index is 13.2. The minimum absolute atomic E-state index is 0.212. The van der Waals surface area contributed by atoms with Crippen LogP contribution in [0.1, 0.15) is 46.6 Å². The number of amides is 1. The Morgan fingerprint density at radius 3 is 1.96 bits per heavy atom. The number of benzene rings is 2. The van der Waals surface area contributed by atoms with Gasteiger partial charge in [-0.1, -0.05) is 58.4 Å². The lowest BCUT2D eigenvalue weighted by molar-refractivity contribution is -0.202. The van der Waals surface area contributed by atoms with Crippen molar-refractivity contribution in [1.82, 2.24) is 9.99 Å². The maximum atomic E-state index is 13.2. The number of rotatable bonds is 17. The summed E-state index contributed by atoms with van der Waals surface area (Å²) in [5, 5.41) is 14.4. The summed E-state index contributed by atoms with van der Waals surface area (Å²) >= 11 is 4.68. The van der Waals surface area contributed by atoms with Crippen molar-refractivity contribution < 1.29 is 52.5 Å². The largest absolute Gasteiger partial charge is 0.462 e. The second-order valence-electron chi connectivity index (χ2n) is 11.1. The molecule has 1 heterocycles. The molecule has 0 aliphatic carbocycles. The Balaban J connectivity index is 1.87. The van der Waals surface area contributed by atoms with Crippen molar-refractivity contribution in [2.75, 3.05) is 6.61 Å². The molecule has 0 radical (unpaired) electrons. The van der Waals surface area contributed by atoms with Crippen LogP contribution in [0.3, 0.4) is 0 Å². The summed E-state index contributed by atoms with van der Waals surface area (Å²) in [6.45, 7) is 4.57. The number of halogens is 1. The highest BCUT2D eigenvalue weighted by Gasteiger charge is 2.43. The molecular weight excluding hydrogens is 778 g/mol. The SMILES string of the molecule is CC(=O)OC[C@@H](OC(C)=O)[C@@H](OC(C)=O)[C@H](OC(C)=O)[C@@H](C/C=N/NC(=O)Cn1c(-c2ccccc2)cs/c1=N\N=C\c1ccc(Br)cc1)OC(C)=O. The fraction of sp³-hybridized carbons (Fsp3) is 0.343. The minimum Gasteiger partial charge on any atom is -0.462 e. The van der Waals surface area contributed by atoms with Gasteiger partial charge in [0.15, 0.2) is 18.3 Å². The summed E-state index contributed by atoms with van der Waals surface area (Å²) in [5.74, 6) is -4.67. The fourth-order valence-corrected chi connectivity index (χ4v) is 5.84. The number of nitrogens with one attached hydrogen (secondary N) is 1. The molecule has 1 aromatic heterocycles. The van der Waals surface area contributed by atoms with Crippen LogP contribution < -0.4 is 10.2 Å². The van der Waals surface area contributed by atoms with Crippen molar-refractivity contribution >= 4 is 75.4 Å². The maximum Gasteiger partial charge on any atom is 0.303 e. The molecule has 0 aliphatic rings. The Bertz CT molecular complexity index is 1880. The summed E-state index contributed by atoms with van der Waals surface area (Å²) in [6.07, 6.45) is -3.57. The zero-order valence-corrected chi connectivity index (χ0v) is 31.8. The Morgan fingerprint density at radius 2 is 1.38 bits per heavy atom. The van der Waals surface area contributed by atoms with E-state index in [1.165, 1.54) is 17.6 Å². The third-order valence-electron chi connectivity index (χ3n) is 6.75. The topological polar surface area (TPSA) is 203 Å². The van der Waals surface area contributed by atoms with Gasteiger partial charge in [0.1, 0.15) is 19.3 Å². The first kappa shape index (κ1) is 41.9. The Kier molecular flexibility index (Phi) is 16.7. The number of esters is 5. The number of carbonyl (C=O) groups excluding carboxylic acids is 6. The summed E-state index contributed by atoms with van der Waals surface area (Å²) in [4.78, 5) is 73.7. The molecule has 4 atom stereocenters. The molecule has 2 aromatic carbocycles. The molecule has 0 bridgehead atoms. The highest BCUT2D eigenvalue weighted by molar-refractivity contribution is 9.10. The van der Waals surface area contributed by atoms with Gasteiger partial charge in [0.2, 0.25) is 4.80 Å². The standard InChI is InChI=1S/C35H38BrN5O11S/c1-21(42)48-19-31(50-23(3)44)34(52-25(5)46)33(51-24(4)45)30(49-22(2)43)15-16-37-39-32(47)18-41-29(27-9-7-6-8-10-27)20-53-35(41)40-38-17-26-11-13-28(36)14-12-26/h6-14,16-17,20,30-31,33-34H,15,18-19H2,1-5H3,(H,39,47)/b37-16+,38-17+,40-35-/t30-,31-,33-,34-/m1/s1. The average molecular weight is 817 g/mol. The second-order valence-corrected chi connectivity index (χ2v) is 12.8. The lowest BCUT2D eigenvalue weighted by Crippen LogP contribution is -2.53. The molecule has 18 heteroatoms. The van der Waals surface area contributed by atoms with Crippen LogP contribution in [0, 0.1) is 0 Å². The van der Waals surface area contributed by atoms with Gasteiger partial charge in [0, 0.05) is 57.1 Å². The average Bonchev–Trinajstić information content (AvgIpc) is 3.48. The third kappa shape index (κ3) is 14.6. The first-order chi connectivity index (χ1) is 25.2. The molecule has 0 unspecified atom stereocenters. The zero-order chi connectivity index (χ0) is 38.9. The fourth-order valence-electron chi connectivity index (χ4n) is 4.71. The van der Waals surface area contributed by atoms with Gasteiger partial charge in [-0.15, -0.1) is 16.4 Å². The van der Waals surface area contributed by atoms with E-state index in [1.807, 2.05) is 60.0 Å². The second kappa shape index (κ2) is 21.1. The van der Waals surface area contributed by atoms with E-state index < -0.39 is 66.8 Å². The third-order valence-corrected chi connectivity index (χ3v) is 8.14. The number of ether oxygens (including phenoxy) is 5. The van der Waals surface area contributed by atoms with Crippen LogP contribution in [0.4, 0.5) is 0 Å². The van der Waals surface area contributed by atoms with Crippen molar-refractivity contribution in [1.29, 1.82) is 0 Å². The number of hydrazone groups is 1. The van der Waals surface area contributed by atoms with Crippen molar-refractivity contribution in [3.63, 3.8) is 0 Å². The zero-order valence-electron chi connectivity index (χ0n) is 29.4. The molecule has 0 aliphatic heterocycles. The quantitative estimate of drug-likeness (QED) is 0.0901. The monoisotopic (exact) mass is 815 g/mol. The van der Waals surface area contributed by atoms with E-state index in [-0.39, 0.29) is 13.0 Å². The minimum atomic E-state index is -1.60. The molecular formula is C35H38BrN5O11S. The molecule has 1 N–H and O–H groups in total. The smallest absolute Gasteiger partial charge is 0.303 e. The van der Waals surface area contributed by atoms with Crippen molar-refractivity contribution in [3.05, 3.63) is 74.8 Å². The number of thiazole rings is 1. The lowest BCUT2D eigenvalue weighted by Gasteiger charge is -2.35. The van der Waals surface area contributed by atoms with Crippen molar-refractivity contribution in [2.24, 2.45) is 15.3 Å². The number of nitrogens with zero attached hydrogens (tertiary/aromatic N) is 4. The first-order valence-corrected chi connectivity index (χ1v) is 17.6. The highest BCUT2D eigenvalue weighted by atomic mass is 79.9. The molecule has 0 spiro atoms. The van der Waals surface area contributed by atoms with E-state index in [4.69, 9.17) is 23.7 Å². The first-order valence-electron chi connectivity index (χ1n) is 15.9. The molecule has 0 saturated heterocycles. The van der Waals surface area contributed by atoms with E-state index in [2.05, 4.69) is 36.7 Å². The van der Waals surface area contributed by atoms with Crippen molar-refractivity contribution in [2.45, 2.75) is 72.0 Å².